The highest BCUT2D eigenvalue weighted by atomic mass is 16.1. The predicted molar refractivity (Wildman–Crippen MR) is 40.9 cm³/mol. The van der Waals surface area contributed by atoms with Crippen molar-refractivity contribution in [2.45, 2.75) is 26.2 Å². The number of ketones is 1. The number of rotatable bonds is 3. The molecule has 1 saturated carbocycles. The third-order valence-electron chi connectivity index (χ3n) is 2.45. The van der Waals surface area contributed by atoms with Gasteiger partial charge in [-0.15, -0.1) is 0 Å². The molecule has 1 aliphatic rings. The van der Waals surface area contributed by atoms with Crippen LogP contribution in [0.2, 0.25) is 0 Å². The van der Waals surface area contributed by atoms with Crippen molar-refractivity contribution in [3.63, 3.8) is 0 Å². The van der Waals surface area contributed by atoms with Gasteiger partial charge in [-0.25, -0.2) is 0 Å². The molecule has 0 aromatic rings. The highest BCUT2D eigenvalue weighted by Gasteiger charge is 2.40. The maximum Gasteiger partial charge on any atom is 0.134 e. The van der Waals surface area contributed by atoms with Crippen molar-refractivity contribution in [1.29, 1.82) is 0 Å². The third-order valence-corrected chi connectivity index (χ3v) is 2.45. The standard InChI is InChI=1S/C8H15NO/c1-3-8(6-9-2)4-7(10)5-8/h9H,3-6H2,1-2H3. The lowest BCUT2D eigenvalue weighted by atomic mass is 9.66. The molecule has 1 fully saturated rings. The molecule has 10 heavy (non-hydrogen) atoms. The van der Waals surface area contributed by atoms with Crippen LogP contribution in [0.15, 0.2) is 0 Å². The molecular weight excluding hydrogens is 126 g/mol. The van der Waals surface area contributed by atoms with Gasteiger partial charge in [-0.1, -0.05) is 6.92 Å². The van der Waals surface area contributed by atoms with Crippen LogP contribution in [0.25, 0.3) is 0 Å². The highest BCUT2D eigenvalue weighted by molar-refractivity contribution is 5.86. The summed E-state index contributed by atoms with van der Waals surface area (Å²) in [6.45, 7) is 3.15. The van der Waals surface area contributed by atoms with E-state index in [2.05, 4.69) is 12.2 Å². The Morgan fingerprint density at radius 1 is 1.60 bits per heavy atom. The Morgan fingerprint density at radius 3 is 2.50 bits per heavy atom. The SMILES string of the molecule is CCC1(CNC)CC(=O)C1. The van der Waals surface area contributed by atoms with Crippen molar-refractivity contribution < 1.29 is 4.79 Å². The minimum absolute atomic E-state index is 0.325. The lowest BCUT2D eigenvalue weighted by Gasteiger charge is -2.39. The molecule has 0 spiro atoms. The molecule has 0 aromatic carbocycles. The van der Waals surface area contributed by atoms with Crippen molar-refractivity contribution >= 4 is 5.78 Å². The first-order chi connectivity index (χ1) is 4.72. The molecule has 0 amide bonds. The van der Waals surface area contributed by atoms with E-state index < -0.39 is 0 Å². The van der Waals surface area contributed by atoms with Crippen molar-refractivity contribution in [1.82, 2.24) is 5.32 Å². The van der Waals surface area contributed by atoms with Crippen LogP contribution in [0.5, 0.6) is 0 Å². The summed E-state index contributed by atoms with van der Waals surface area (Å²) >= 11 is 0. The van der Waals surface area contributed by atoms with Gasteiger partial charge in [0.15, 0.2) is 0 Å². The van der Waals surface area contributed by atoms with Crippen LogP contribution < -0.4 is 5.32 Å². The molecule has 2 nitrogen and oxygen atoms in total. The van der Waals surface area contributed by atoms with Gasteiger partial charge in [0.05, 0.1) is 0 Å². The van der Waals surface area contributed by atoms with Gasteiger partial charge in [-0.2, -0.15) is 0 Å². The molecule has 0 unspecified atom stereocenters. The zero-order chi connectivity index (χ0) is 7.61. The summed E-state index contributed by atoms with van der Waals surface area (Å²) in [6, 6.07) is 0. The summed E-state index contributed by atoms with van der Waals surface area (Å²) in [5.74, 6) is 0.428. The zero-order valence-corrected chi connectivity index (χ0v) is 6.74. The second kappa shape index (κ2) is 2.70. The number of Topliss-reactive ketones (excluding diaryl/α,β-unsaturated/α-hetero) is 1. The second-order valence-corrected chi connectivity index (χ2v) is 3.28. The van der Waals surface area contributed by atoms with Gasteiger partial charge < -0.3 is 5.32 Å². The Balaban J connectivity index is 2.39. The average molecular weight is 141 g/mol. The van der Waals surface area contributed by atoms with E-state index in [0.29, 0.717) is 11.2 Å². The topological polar surface area (TPSA) is 29.1 Å². The molecule has 0 aromatic heterocycles. The molecule has 1 N–H and O–H groups in total. The molecule has 0 aliphatic heterocycles. The Morgan fingerprint density at radius 2 is 2.20 bits per heavy atom. The van der Waals surface area contributed by atoms with Gasteiger partial charge in [0.2, 0.25) is 0 Å². The van der Waals surface area contributed by atoms with Crippen LogP contribution in [-0.2, 0) is 4.79 Å². The third kappa shape index (κ3) is 1.21. The minimum atomic E-state index is 0.325. The van der Waals surface area contributed by atoms with Gasteiger partial charge in [-0.3, -0.25) is 4.79 Å². The minimum Gasteiger partial charge on any atom is -0.319 e. The fraction of sp³-hybridized carbons (Fsp3) is 0.875. The van der Waals surface area contributed by atoms with Crippen LogP contribution in [0.1, 0.15) is 26.2 Å². The number of hydrogen-bond donors (Lipinski definition) is 1. The van der Waals surface area contributed by atoms with Crippen molar-refractivity contribution in [3.05, 3.63) is 0 Å². The lowest BCUT2D eigenvalue weighted by molar-refractivity contribution is -0.132. The van der Waals surface area contributed by atoms with Gasteiger partial charge >= 0.3 is 0 Å². The summed E-state index contributed by atoms with van der Waals surface area (Å²) in [6.07, 6.45) is 2.72. The second-order valence-electron chi connectivity index (χ2n) is 3.28. The van der Waals surface area contributed by atoms with Crippen LogP contribution in [0.4, 0.5) is 0 Å². The molecule has 0 radical (unpaired) electrons. The molecule has 0 bridgehead atoms. The maximum absolute atomic E-state index is 10.7. The van der Waals surface area contributed by atoms with E-state index in [-0.39, 0.29) is 0 Å². The molecule has 58 valence electrons. The first kappa shape index (κ1) is 7.73. The zero-order valence-electron chi connectivity index (χ0n) is 6.74. The van der Waals surface area contributed by atoms with Crippen molar-refractivity contribution in [2.75, 3.05) is 13.6 Å². The average Bonchev–Trinajstić information content (AvgIpc) is 1.84. The summed E-state index contributed by atoms with van der Waals surface area (Å²) in [5.41, 5.74) is 0.325. The summed E-state index contributed by atoms with van der Waals surface area (Å²) in [5, 5.41) is 3.13. The smallest absolute Gasteiger partial charge is 0.134 e. The van der Waals surface area contributed by atoms with Crippen LogP contribution in [0, 0.1) is 5.41 Å². The van der Waals surface area contributed by atoms with Gasteiger partial charge in [0, 0.05) is 19.4 Å². The van der Waals surface area contributed by atoms with Crippen LogP contribution >= 0.6 is 0 Å². The summed E-state index contributed by atoms with van der Waals surface area (Å²) < 4.78 is 0. The first-order valence-electron chi connectivity index (χ1n) is 3.89. The molecule has 0 atom stereocenters. The molecule has 1 aliphatic carbocycles. The highest BCUT2D eigenvalue weighted by Crippen LogP contribution is 2.40. The van der Waals surface area contributed by atoms with Crippen molar-refractivity contribution in [2.24, 2.45) is 5.41 Å². The van der Waals surface area contributed by atoms with E-state index >= 15 is 0 Å². The molecular formula is C8H15NO. The molecule has 1 rings (SSSR count). The van der Waals surface area contributed by atoms with E-state index in [0.717, 1.165) is 25.8 Å². The number of carbonyl (C=O) groups is 1. The number of nitrogens with one attached hydrogen (secondary N) is 1. The van der Waals surface area contributed by atoms with Crippen molar-refractivity contribution in [3.8, 4) is 0 Å². The normalized spacial score (nSPS) is 22.4. The van der Waals surface area contributed by atoms with Gasteiger partial charge in [0.1, 0.15) is 5.78 Å². The van der Waals surface area contributed by atoms with Gasteiger partial charge in [-0.05, 0) is 18.9 Å². The summed E-state index contributed by atoms with van der Waals surface area (Å²) in [4.78, 5) is 10.7. The Hall–Kier alpha value is -0.370. The monoisotopic (exact) mass is 141 g/mol. The van der Waals surface area contributed by atoms with E-state index in [1.165, 1.54) is 0 Å². The summed E-state index contributed by atoms with van der Waals surface area (Å²) in [7, 11) is 1.94. The van der Waals surface area contributed by atoms with E-state index in [1.807, 2.05) is 7.05 Å². The fourth-order valence-electron chi connectivity index (χ4n) is 1.66. The first-order valence-corrected chi connectivity index (χ1v) is 3.89. The Labute approximate surface area is 62.0 Å². The maximum atomic E-state index is 10.7. The van der Waals surface area contributed by atoms with Crippen LogP contribution in [0.3, 0.4) is 0 Å². The van der Waals surface area contributed by atoms with E-state index in [1.54, 1.807) is 0 Å². The van der Waals surface area contributed by atoms with Crippen LogP contribution in [-0.4, -0.2) is 19.4 Å². The van der Waals surface area contributed by atoms with Gasteiger partial charge in [0.25, 0.3) is 0 Å². The van der Waals surface area contributed by atoms with E-state index in [9.17, 15) is 4.79 Å². The predicted octanol–water partition coefficient (Wildman–Crippen LogP) is 0.965. The largest absolute Gasteiger partial charge is 0.319 e. The lowest BCUT2D eigenvalue weighted by Crippen LogP contribution is -2.43. The molecule has 0 saturated heterocycles. The Bertz CT molecular complexity index is 134. The quantitative estimate of drug-likeness (QED) is 0.634. The van der Waals surface area contributed by atoms with E-state index in [4.69, 9.17) is 0 Å². The molecule has 2 heteroatoms. The fourth-order valence-corrected chi connectivity index (χ4v) is 1.66. The Kier molecular flexibility index (Phi) is 2.09. The molecule has 0 heterocycles. The number of carbonyl (C=O) groups excluding carboxylic acids is 1. The number of hydrogen-bond acceptors (Lipinski definition) is 2.